The first-order chi connectivity index (χ1) is 15.1. The number of aromatic nitrogens is 2. The van der Waals surface area contributed by atoms with Crippen LogP contribution in [0.4, 0.5) is 5.82 Å². The summed E-state index contributed by atoms with van der Waals surface area (Å²) in [5.74, 6) is 1.91. The minimum atomic E-state index is -0.224. The van der Waals surface area contributed by atoms with Gasteiger partial charge in [0.05, 0.1) is 24.6 Å². The average molecular weight is 456 g/mol. The molecule has 0 unspecified atom stereocenters. The molecule has 0 radical (unpaired) electrons. The zero-order valence-electron chi connectivity index (χ0n) is 17.3. The van der Waals surface area contributed by atoms with Crippen LogP contribution in [0.25, 0.3) is 20.3 Å². The van der Waals surface area contributed by atoms with Crippen molar-refractivity contribution < 1.29 is 14.3 Å². The van der Waals surface area contributed by atoms with Crippen LogP contribution < -0.4 is 10.1 Å². The molecule has 0 saturated heterocycles. The number of thiophene rings is 1. The van der Waals surface area contributed by atoms with E-state index in [4.69, 9.17) is 31.0 Å². The normalized spacial score (nSPS) is 11.1. The van der Waals surface area contributed by atoms with E-state index in [0.29, 0.717) is 42.4 Å². The van der Waals surface area contributed by atoms with Gasteiger partial charge in [0.15, 0.2) is 0 Å². The Morgan fingerprint density at radius 3 is 2.77 bits per heavy atom. The number of benzene rings is 2. The molecule has 31 heavy (non-hydrogen) atoms. The third-order valence-corrected chi connectivity index (χ3v) is 6.33. The van der Waals surface area contributed by atoms with Gasteiger partial charge in [0.25, 0.3) is 0 Å². The van der Waals surface area contributed by atoms with Crippen LogP contribution in [0.2, 0.25) is 5.02 Å². The Hall–Kier alpha value is -2.90. The molecular formula is C23H22ClN3O3S. The number of fused-ring (bicyclic) bond motifs is 3. The molecule has 0 amide bonds. The molecule has 0 spiro atoms. The summed E-state index contributed by atoms with van der Waals surface area (Å²) in [4.78, 5) is 21.9. The lowest BCUT2D eigenvalue weighted by atomic mass is 10.2. The van der Waals surface area contributed by atoms with Crippen molar-refractivity contribution in [2.75, 3.05) is 19.5 Å². The van der Waals surface area contributed by atoms with Gasteiger partial charge in [0, 0.05) is 29.5 Å². The highest BCUT2D eigenvalue weighted by Crippen LogP contribution is 2.36. The molecule has 0 bridgehead atoms. The largest absolute Gasteiger partial charge is 0.495 e. The number of carbonyl (C=O) groups excluding carboxylic acids is 1. The number of esters is 1. The van der Waals surface area contributed by atoms with Crippen molar-refractivity contribution in [2.45, 2.75) is 25.8 Å². The Kier molecular flexibility index (Phi) is 6.53. The number of nitrogens with one attached hydrogen (secondary N) is 1. The van der Waals surface area contributed by atoms with Gasteiger partial charge in [0.2, 0.25) is 0 Å². The average Bonchev–Trinajstić information content (AvgIpc) is 3.16. The van der Waals surface area contributed by atoms with E-state index in [-0.39, 0.29) is 5.97 Å². The number of rotatable bonds is 8. The fourth-order valence-corrected chi connectivity index (χ4v) is 4.78. The minimum absolute atomic E-state index is 0.224. The van der Waals surface area contributed by atoms with Gasteiger partial charge < -0.3 is 14.8 Å². The first-order valence-electron chi connectivity index (χ1n) is 9.90. The second-order valence-electron chi connectivity index (χ2n) is 7.02. The second kappa shape index (κ2) is 9.49. The Labute approximate surface area is 189 Å². The molecular weight excluding hydrogens is 434 g/mol. The summed E-state index contributed by atoms with van der Waals surface area (Å²) in [6, 6.07) is 13.9. The Bertz CT molecular complexity index is 1240. The van der Waals surface area contributed by atoms with E-state index < -0.39 is 0 Å². The van der Waals surface area contributed by atoms with Gasteiger partial charge in [-0.1, -0.05) is 35.9 Å². The second-order valence-corrected chi connectivity index (χ2v) is 8.46. The minimum Gasteiger partial charge on any atom is -0.495 e. The van der Waals surface area contributed by atoms with Crippen molar-refractivity contribution in [2.24, 2.45) is 0 Å². The number of nitrogens with zero attached hydrogens (tertiary/aromatic N) is 2. The molecule has 6 nitrogen and oxygen atoms in total. The topological polar surface area (TPSA) is 73.3 Å². The Morgan fingerprint density at radius 2 is 2.00 bits per heavy atom. The molecule has 0 fully saturated rings. The Balaban J connectivity index is 1.65. The van der Waals surface area contributed by atoms with E-state index in [0.717, 1.165) is 31.7 Å². The number of anilines is 1. The van der Waals surface area contributed by atoms with Gasteiger partial charge in [-0.3, -0.25) is 4.79 Å². The lowest BCUT2D eigenvalue weighted by Crippen LogP contribution is -2.06. The highest BCUT2D eigenvalue weighted by molar-refractivity contribution is 7.25. The fourth-order valence-electron chi connectivity index (χ4n) is 3.41. The van der Waals surface area contributed by atoms with Crippen LogP contribution >= 0.6 is 22.9 Å². The number of aryl methyl sites for hydroxylation is 1. The van der Waals surface area contributed by atoms with Crippen LogP contribution in [0, 0.1) is 0 Å². The molecule has 0 aliphatic heterocycles. The summed E-state index contributed by atoms with van der Waals surface area (Å²) in [5, 5.41) is 6.17. The van der Waals surface area contributed by atoms with E-state index in [2.05, 4.69) is 17.4 Å². The van der Waals surface area contributed by atoms with Crippen LogP contribution in [0.1, 0.15) is 24.2 Å². The standard InChI is InChI=1S/C23H22ClN3O3S/c1-29-17-11-10-14(12-16(17)24)13-25-22-21-15-6-3-4-7-18(15)31-23(21)27-19(26-22)8-5-9-20(28)30-2/h3-4,6-7,10-12H,5,8-9,13H2,1-2H3,(H,25,26,27). The van der Waals surface area contributed by atoms with Crippen molar-refractivity contribution in [3.8, 4) is 5.75 Å². The molecule has 2 heterocycles. The summed E-state index contributed by atoms with van der Waals surface area (Å²) >= 11 is 7.92. The number of methoxy groups -OCH3 is 2. The predicted molar refractivity (Wildman–Crippen MR) is 125 cm³/mol. The van der Waals surface area contributed by atoms with Gasteiger partial charge in [-0.05, 0) is 30.2 Å². The molecule has 0 saturated carbocycles. The number of hydrogen-bond donors (Lipinski definition) is 1. The lowest BCUT2D eigenvalue weighted by molar-refractivity contribution is -0.140. The van der Waals surface area contributed by atoms with Crippen molar-refractivity contribution >= 4 is 55.0 Å². The molecule has 4 rings (SSSR count). The zero-order valence-corrected chi connectivity index (χ0v) is 18.8. The number of hydrogen-bond acceptors (Lipinski definition) is 7. The highest BCUT2D eigenvalue weighted by Gasteiger charge is 2.15. The molecule has 2 aromatic heterocycles. The van der Waals surface area contributed by atoms with Crippen LogP contribution in [0.3, 0.4) is 0 Å². The van der Waals surface area contributed by atoms with Crippen LogP contribution in [-0.2, 0) is 22.5 Å². The van der Waals surface area contributed by atoms with Crippen LogP contribution in [0.15, 0.2) is 42.5 Å². The third-order valence-electron chi connectivity index (χ3n) is 4.97. The van der Waals surface area contributed by atoms with Gasteiger partial charge in [-0.2, -0.15) is 0 Å². The summed E-state index contributed by atoms with van der Waals surface area (Å²) < 4.78 is 11.1. The van der Waals surface area contributed by atoms with E-state index in [1.54, 1.807) is 18.4 Å². The third kappa shape index (κ3) is 4.73. The number of ether oxygens (including phenoxy) is 2. The predicted octanol–water partition coefficient (Wildman–Crippen LogP) is 5.61. The monoisotopic (exact) mass is 455 g/mol. The maximum Gasteiger partial charge on any atom is 0.305 e. The lowest BCUT2D eigenvalue weighted by Gasteiger charge is -2.11. The van der Waals surface area contributed by atoms with Crippen LogP contribution in [-0.4, -0.2) is 30.2 Å². The molecule has 0 aliphatic rings. The molecule has 8 heteroatoms. The Morgan fingerprint density at radius 1 is 1.16 bits per heavy atom. The highest BCUT2D eigenvalue weighted by atomic mass is 35.5. The molecule has 160 valence electrons. The summed E-state index contributed by atoms with van der Waals surface area (Å²) in [7, 11) is 3.00. The molecule has 0 atom stereocenters. The van der Waals surface area contributed by atoms with Crippen molar-refractivity contribution in [1.29, 1.82) is 0 Å². The fraction of sp³-hybridized carbons (Fsp3) is 0.261. The first-order valence-corrected chi connectivity index (χ1v) is 11.1. The van der Waals surface area contributed by atoms with Gasteiger partial charge in [0.1, 0.15) is 22.2 Å². The van der Waals surface area contributed by atoms with Gasteiger partial charge in [-0.25, -0.2) is 9.97 Å². The molecule has 0 aliphatic carbocycles. The maximum atomic E-state index is 11.4. The quantitative estimate of drug-likeness (QED) is 0.348. The summed E-state index contributed by atoms with van der Waals surface area (Å²) in [6.07, 6.45) is 1.58. The number of halogens is 1. The smallest absolute Gasteiger partial charge is 0.305 e. The van der Waals surface area contributed by atoms with E-state index in [1.807, 2.05) is 30.3 Å². The van der Waals surface area contributed by atoms with Crippen molar-refractivity contribution in [3.05, 3.63) is 58.9 Å². The van der Waals surface area contributed by atoms with Crippen molar-refractivity contribution in [3.63, 3.8) is 0 Å². The number of carbonyl (C=O) groups is 1. The summed E-state index contributed by atoms with van der Waals surface area (Å²) in [5.41, 5.74) is 1.02. The summed E-state index contributed by atoms with van der Waals surface area (Å²) in [6.45, 7) is 0.557. The van der Waals surface area contributed by atoms with Crippen molar-refractivity contribution in [1.82, 2.24) is 9.97 Å². The molecule has 1 N–H and O–H groups in total. The SMILES string of the molecule is COC(=O)CCCc1nc(NCc2ccc(OC)c(Cl)c2)c2c(n1)sc1ccccc12. The van der Waals surface area contributed by atoms with Crippen LogP contribution in [0.5, 0.6) is 5.75 Å². The first kappa shape index (κ1) is 21.3. The van der Waals surface area contributed by atoms with E-state index >= 15 is 0 Å². The van der Waals surface area contributed by atoms with E-state index in [9.17, 15) is 4.79 Å². The van der Waals surface area contributed by atoms with E-state index in [1.165, 1.54) is 7.11 Å². The molecule has 4 aromatic rings. The zero-order chi connectivity index (χ0) is 21.8. The molecule has 2 aromatic carbocycles. The maximum absolute atomic E-state index is 11.4. The van der Waals surface area contributed by atoms with Gasteiger partial charge >= 0.3 is 5.97 Å². The van der Waals surface area contributed by atoms with Gasteiger partial charge in [-0.15, -0.1) is 11.3 Å².